The first-order valence-electron chi connectivity index (χ1n) is 8.13. The molecule has 7 heteroatoms. The minimum atomic E-state index is -0.190. The Morgan fingerprint density at radius 3 is 2.79 bits per heavy atom. The average molecular weight is 333 g/mol. The lowest BCUT2D eigenvalue weighted by Crippen LogP contribution is -2.24. The van der Waals surface area contributed by atoms with Gasteiger partial charge in [-0.25, -0.2) is 5.06 Å². The normalized spacial score (nSPS) is 11.9. The number of nitrogens with zero attached hydrogens (tertiary/aromatic N) is 3. The highest BCUT2D eigenvalue weighted by Gasteiger charge is 2.21. The van der Waals surface area contributed by atoms with Gasteiger partial charge in [0, 0.05) is 0 Å². The zero-order valence-corrected chi connectivity index (χ0v) is 13.8. The number of amides is 1. The van der Waals surface area contributed by atoms with E-state index in [1.54, 1.807) is 0 Å². The average Bonchev–Trinajstić information content (AvgIpc) is 3.09. The van der Waals surface area contributed by atoms with Gasteiger partial charge in [-0.2, -0.15) is 0 Å². The highest BCUT2D eigenvalue weighted by Crippen LogP contribution is 2.23. The van der Waals surface area contributed by atoms with Crippen LogP contribution >= 0.6 is 0 Å². The predicted octanol–water partition coefficient (Wildman–Crippen LogP) is 3.16. The van der Waals surface area contributed by atoms with Crippen molar-refractivity contribution in [3.8, 4) is 5.75 Å². The molecule has 1 atom stereocenters. The third-order valence-corrected chi connectivity index (χ3v) is 3.62. The van der Waals surface area contributed by atoms with E-state index in [0.29, 0.717) is 23.3 Å². The maximum atomic E-state index is 10.7. The van der Waals surface area contributed by atoms with Gasteiger partial charge in [0.15, 0.2) is 6.61 Å². The molecule has 0 saturated heterocycles. The van der Waals surface area contributed by atoms with E-state index in [1.165, 1.54) is 0 Å². The van der Waals surface area contributed by atoms with Gasteiger partial charge >= 0.3 is 0 Å². The Kier molecular flexibility index (Phi) is 7.22. The van der Waals surface area contributed by atoms with Crippen molar-refractivity contribution >= 4 is 6.41 Å². The number of carbonyl (C=O) groups is 1. The van der Waals surface area contributed by atoms with E-state index in [1.807, 2.05) is 30.3 Å². The number of unbranched alkanes of at least 4 members (excludes halogenated alkanes) is 2. The fraction of sp³-hybridized carbons (Fsp3) is 0.471. The molecule has 0 bridgehead atoms. The van der Waals surface area contributed by atoms with Gasteiger partial charge in [-0.1, -0.05) is 44.4 Å². The number of benzene rings is 1. The third kappa shape index (κ3) is 5.66. The lowest BCUT2D eigenvalue weighted by atomic mass is 10.0. The lowest BCUT2D eigenvalue weighted by molar-refractivity contribution is -0.151. The van der Waals surface area contributed by atoms with Crippen LogP contribution in [-0.4, -0.2) is 33.4 Å². The zero-order valence-electron chi connectivity index (χ0n) is 13.8. The summed E-state index contributed by atoms with van der Waals surface area (Å²) in [6.07, 6.45) is 4.26. The quantitative estimate of drug-likeness (QED) is 0.294. The summed E-state index contributed by atoms with van der Waals surface area (Å²) in [7, 11) is 0. The van der Waals surface area contributed by atoms with Crippen LogP contribution in [-0.2, 0) is 11.4 Å². The highest BCUT2D eigenvalue weighted by molar-refractivity contribution is 5.44. The zero-order chi connectivity index (χ0) is 17.2. The second-order valence-corrected chi connectivity index (χ2v) is 5.56. The SMILES string of the molecule is CCCCC[C@@H](CN(O)C=O)c1nnc(COc2ccccc2)o1. The van der Waals surface area contributed by atoms with E-state index < -0.39 is 0 Å². The Balaban J connectivity index is 1.96. The van der Waals surface area contributed by atoms with Crippen molar-refractivity contribution in [3.63, 3.8) is 0 Å². The molecular weight excluding hydrogens is 310 g/mol. The predicted molar refractivity (Wildman–Crippen MR) is 86.5 cm³/mol. The summed E-state index contributed by atoms with van der Waals surface area (Å²) in [4.78, 5) is 10.7. The molecule has 0 aliphatic heterocycles. The number of para-hydroxylation sites is 1. The molecule has 1 N–H and O–H groups in total. The number of ether oxygens (including phenoxy) is 1. The van der Waals surface area contributed by atoms with Crippen molar-refractivity contribution in [2.24, 2.45) is 0 Å². The lowest BCUT2D eigenvalue weighted by Gasteiger charge is -2.16. The molecule has 1 amide bonds. The van der Waals surface area contributed by atoms with Crippen LogP contribution < -0.4 is 4.74 Å². The largest absolute Gasteiger partial charge is 0.484 e. The molecule has 24 heavy (non-hydrogen) atoms. The Bertz CT molecular complexity index is 603. The molecule has 130 valence electrons. The van der Waals surface area contributed by atoms with Gasteiger partial charge in [-0.15, -0.1) is 10.2 Å². The first-order chi connectivity index (χ1) is 11.7. The van der Waals surface area contributed by atoms with Crippen LogP contribution in [0.5, 0.6) is 5.75 Å². The smallest absolute Gasteiger partial charge is 0.253 e. The van der Waals surface area contributed by atoms with Gasteiger partial charge in [-0.3, -0.25) is 10.0 Å². The van der Waals surface area contributed by atoms with Crippen molar-refractivity contribution in [3.05, 3.63) is 42.1 Å². The van der Waals surface area contributed by atoms with Crippen LogP contribution in [0, 0.1) is 0 Å². The maximum Gasteiger partial charge on any atom is 0.253 e. The summed E-state index contributed by atoms with van der Waals surface area (Å²) < 4.78 is 11.2. The standard InChI is InChI=1S/C17H23N3O4/c1-2-3-5-8-14(11-20(22)13-21)17-19-18-16(24-17)12-23-15-9-6-4-7-10-15/h4,6-7,9-10,13-14,22H,2-3,5,8,11-12H2,1H3/t14-/m0/s1. The molecule has 0 aliphatic rings. The maximum absolute atomic E-state index is 10.7. The number of hydrogen-bond donors (Lipinski definition) is 1. The number of hydroxylamine groups is 2. The monoisotopic (exact) mass is 333 g/mol. The number of carbonyl (C=O) groups excluding carboxylic acids is 1. The Labute approximate surface area is 141 Å². The van der Waals surface area contributed by atoms with Crippen LogP contribution in [0.25, 0.3) is 0 Å². The second-order valence-electron chi connectivity index (χ2n) is 5.56. The topological polar surface area (TPSA) is 88.7 Å². The molecule has 0 radical (unpaired) electrons. The fourth-order valence-corrected chi connectivity index (χ4v) is 2.35. The van der Waals surface area contributed by atoms with Crippen LogP contribution in [0.15, 0.2) is 34.7 Å². The van der Waals surface area contributed by atoms with Crippen LogP contribution in [0.2, 0.25) is 0 Å². The van der Waals surface area contributed by atoms with Gasteiger partial charge in [0.1, 0.15) is 5.75 Å². The molecule has 1 aromatic heterocycles. The second kappa shape index (κ2) is 9.67. The summed E-state index contributed by atoms with van der Waals surface area (Å²) >= 11 is 0. The summed E-state index contributed by atoms with van der Waals surface area (Å²) in [5, 5.41) is 18.1. The van der Waals surface area contributed by atoms with Crippen LogP contribution in [0.4, 0.5) is 0 Å². The van der Waals surface area contributed by atoms with Gasteiger partial charge in [0.2, 0.25) is 12.3 Å². The first-order valence-corrected chi connectivity index (χ1v) is 8.13. The van der Waals surface area contributed by atoms with Gasteiger partial charge < -0.3 is 9.15 Å². The highest BCUT2D eigenvalue weighted by atomic mass is 16.5. The van der Waals surface area contributed by atoms with Crippen LogP contribution in [0.1, 0.15) is 50.3 Å². The summed E-state index contributed by atoms with van der Waals surface area (Å²) in [6, 6.07) is 9.37. The third-order valence-electron chi connectivity index (χ3n) is 3.62. The number of aromatic nitrogens is 2. The van der Waals surface area contributed by atoms with Gasteiger partial charge in [0.05, 0.1) is 12.5 Å². The molecular formula is C17H23N3O4. The van der Waals surface area contributed by atoms with Crippen molar-refractivity contribution in [2.75, 3.05) is 6.54 Å². The molecule has 1 heterocycles. The summed E-state index contributed by atoms with van der Waals surface area (Å²) in [5.41, 5.74) is 0. The minimum Gasteiger partial charge on any atom is -0.484 e. The molecule has 2 aromatic rings. The van der Waals surface area contributed by atoms with Gasteiger partial charge in [-0.05, 0) is 18.6 Å². The molecule has 1 aromatic carbocycles. The minimum absolute atomic E-state index is 0.133. The van der Waals surface area contributed by atoms with Crippen molar-refractivity contribution < 1.29 is 19.2 Å². The Hall–Kier alpha value is -2.41. The van der Waals surface area contributed by atoms with E-state index in [0.717, 1.165) is 31.4 Å². The Morgan fingerprint density at radius 1 is 1.29 bits per heavy atom. The van der Waals surface area contributed by atoms with Gasteiger partial charge in [0.25, 0.3) is 5.89 Å². The van der Waals surface area contributed by atoms with E-state index >= 15 is 0 Å². The van der Waals surface area contributed by atoms with E-state index in [9.17, 15) is 10.0 Å². The Morgan fingerprint density at radius 2 is 2.08 bits per heavy atom. The van der Waals surface area contributed by atoms with E-state index in [2.05, 4.69) is 17.1 Å². The molecule has 0 unspecified atom stereocenters. The van der Waals surface area contributed by atoms with E-state index in [-0.39, 0.29) is 19.1 Å². The van der Waals surface area contributed by atoms with E-state index in [4.69, 9.17) is 9.15 Å². The van der Waals surface area contributed by atoms with Crippen molar-refractivity contribution in [2.45, 2.75) is 45.1 Å². The van der Waals surface area contributed by atoms with Crippen LogP contribution in [0.3, 0.4) is 0 Å². The number of rotatable bonds is 11. The number of hydrogen-bond acceptors (Lipinski definition) is 6. The first kappa shape index (κ1) is 17.9. The molecule has 0 spiro atoms. The fourth-order valence-electron chi connectivity index (χ4n) is 2.35. The molecule has 0 fully saturated rings. The summed E-state index contributed by atoms with van der Waals surface area (Å²) in [6.45, 7) is 2.42. The van der Waals surface area contributed by atoms with Crippen molar-refractivity contribution in [1.29, 1.82) is 0 Å². The molecule has 0 saturated carbocycles. The molecule has 2 rings (SSSR count). The molecule has 7 nitrogen and oxygen atoms in total. The summed E-state index contributed by atoms with van der Waals surface area (Å²) in [5.74, 6) is 1.31. The molecule has 0 aliphatic carbocycles. The van der Waals surface area contributed by atoms with Crippen molar-refractivity contribution in [1.82, 2.24) is 15.3 Å².